The van der Waals surface area contributed by atoms with E-state index in [9.17, 15) is 4.39 Å². The van der Waals surface area contributed by atoms with E-state index in [0.717, 1.165) is 5.69 Å². The van der Waals surface area contributed by atoms with Gasteiger partial charge in [-0.3, -0.25) is 4.99 Å². The number of benzene rings is 1. The van der Waals surface area contributed by atoms with Crippen LogP contribution in [0.2, 0.25) is 0 Å². The fourth-order valence-electron chi connectivity index (χ4n) is 1.18. The molecule has 1 rings (SSSR count). The van der Waals surface area contributed by atoms with Crippen LogP contribution in [0.5, 0.6) is 0 Å². The molecule has 0 aliphatic rings. The van der Waals surface area contributed by atoms with Crippen molar-refractivity contribution in [1.82, 2.24) is 0 Å². The van der Waals surface area contributed by atoms with E-state index >= 15 is 0 Å². The highest BCUT2D eigenvalue weighted by Crippen LogP contribution is 2.12. The van der Waals surface area contributed by atoms with Crippen molar-refractivity contribution in [2.24, 2.45) is 16.6 Å². The predicted octanol–water partition coefficient (Wildman–Crippen LogP) is 2.23. The van der Waals surface area contributed by atoms with Gasteiger partial charge in [0.1, 0.15) is 5.82 Å². The fraction of sp³-hybridized carbons (Fsp3) is 0.417. The van der Waals surface area contributed by atoms with Crippen molar-refractivity contribution < 1.29 is 4.39 Å². The van der Waals surface area contributed by atoms with Crippen LogP contribution in [0.25, 0.3) is 0 Å². The quantitative estimate of drug-likeness (QED) is 0.630. The van der Waals surface area contributed by atoms with E-state index in [1.54, 1.807) is 17.0 Å². The molecular formula is C12H18FN3. The molecule has 2 N–H and O–H groups in total. The van der Waals surface area contributed by atoms with Crippen LogP contribution in [0.15, 0.2) is 29.3 Å². The molecule has 0 amide bonds. The summed E-state index contributed by atoms with van der Waals surface area (Å²) in [5.41, 5.74) is 6.64. The van der Waals surface area contributed by atoms with Crippen LogP contribution < -0.4 is 10.6 Å². The van der Waals surface area contributed by atoms with Gasteiger partial charge in [0, 0.05) is 19.3 Å². The lowest BCUT2D eigenvalue weighted by Crippen LogP contribution is -2.34. The summed E-state index contributed by atoms with van der Waals surface area (Å²) >= 11 is 0. The lowest BCUT2D eigenvalue weighted by molar-refractivity contribution is 0.628. The Morgan fingerprint density at radius 1 is 1.38 bits per heavy atom. The van der Waals surface area contributed by atoms with Gasteiger partial charge in [0.25, 0.3) is 0 Å². The maximum atomic E-state index is 12.7. The Labute approximate surface area is 95.8 Å². The molecule has 0 aliphatic carbocycles. The van der Waals surface area contributed by atoms with Crippen LogP contribution in [0.1, 0.15) is 13.8 Å². The molecule has 0 radical (unpaired) electrons. The van der Waals surface area contributed by atoms with Crippen LogP contribution in [-0.2, 0) is 0 Å². The van der Waals surface area contributed by atoms with Gasteiger partial charge in [0.2, 0.25) is 0 Å². The fourth-order valence-corrected chi connectivity index (χ4v) is 1.18. The number of aliphatic imine (C=N–C) groups is 1. The zero-order valence-electron chi connectivity index (χ0n) is 9.94. The average Bonchev–Trinajstić information content (AvgIpc) is 2.26. The highest BCUT2D eigenvalue weighted by atomic mass is 19.1. The van der Waals surface area contributed by atoms with E-state index in [1.807, 2.05) is 7.05 Å². The Morgan fingerprint density at radius 3 is 2.44 bits per heavy atom. The third-order valence-corrected chi connectivity index (χ3v) is 2.18. The van der Waals surface area contributed by atoms with E-state index in [-0.39, 0.29) is 5.82 Å². The molecule has 3 nitrogen and oxygen atoms in total. The number of hydrogen-bond acceptors (Lipinski definition) is 1. The van der Waals surface area contributed by atoms with E-state index < -0.39 is 0 Å². The van der Waals surface area contributed by atoms with Crippen LogP contribution in [0.4, 0.5) is 10.1 Å². The van der Waals surface area contributed by atoms with E-state index in [0.29, 0.717) is 18.4 Å². The van der Waals surface area contributed by atoms with Crippen molar-refractivity contribution in [3.63, 3.8) is 0 Å². The number of halogens is 1. The molecule has 0 heterocycles. The second kappa shape index (κ2) is 5.49. The molecule has 1 aromatic carbocycles. The van der Waals surface area contributed by atoms with E-state index in [2.05, 4.69) is 18.8 Å². The third kappa shape index (κ3) is 3.53. The Bertz CT molecular complexity index is 357. The zero-order chi connectivity index (χ0) is 12.1. The second-order valence-corrected chi connectivity index (χ2v) is 4.13. The molecule has 0 aliphatic heterocycles. The third-order valence-electron chi connectivity index (χ3n) is 2.18. The van der Waals surface area contributed by atoms with Crippen molar-refractivity contribution >= 4 is 11.6 Å². The first kappa shape index (κ1) is 12.5. The van der Waals surface area contributed by atoms with Crippen LogP contribution >= 0.6 is 0 Å². The number of nitrogens with zero attached hydrogens (tertiary/aromatic N) is 2. The molecule has 0 fully saturated rings. The Kier molecular flexibility index (Phi) is 4.28. The largest absolute Gasteiger partial charge is 0.370 e. The first-order valence-corrected chi connectivity index (χ1v) is 5.30. The van der Waals surface area contributed by atoms with Gasteiger partial charge in [0.05, 0.1) is 0 Å². The number of guanidine groups is 1. The normalized spacial score (nSPS) is 11.9. The van der Waals surface area contributed by atoms with E-state index in [4.69, 9.17) is 5.73 Å². The number of nitrogens with two attached hydrogens (primary N) is 1. The van der Waals surface area contributed by atoms with Gasteiger partial charge in [-0.1, -0.05) is 13.8 Å². The maximum absolute atomic E-state index is 12.7. The van der Waals surface area contributed by atoms with E-state index in [1.165, 1.54) is 12.1 Å². The molecule has 1 aromatic rings. The summed E-state index contributed by atoms with van der Waals surface area (Å²) in [5.74, 6) is 0.662. The predicted molar refractivity (Wildman–Crippen MR) is 66.1 cm³/mol. The van der Waals surface area contributed by atoms with Crippen molar-refractivity contribution in [1.29, 1.82) is 0 Å². The Morgan fingerprint density at radius 2 is 1.94 bits per heavy atom. The average molecular weight is 223 g/mol. The van der Waals surface area contributed by atoms with Gasteiger partial charge in [-0.25, -0.2) is 4.39 Å². The van der Waals surface area contributed by atoms with Crippen molar-refractivity contribution in [2.45, 2.75) is 13.8 Å². The molecule has 0 saturated heterocycles. The molecule has 88 valence electrons. The van der Waals surface area contributed by atoms with Gasteiger partial charge >= 0.3 is 0 Å². The first-order chi connectivity index (χ1) is 7.50. The van der Waals surface area contributed by atoms with Gasteiger partial charge in [-0.05, 0) is 30.2 Å². The molecular weight excluding hydrogens is 205 g/mol. The summed E-state index contributed by atoms with van der Waals surface area (Å²) < 4.78 is 12.7. The van der Waals surface area contributed by atoms with Gasteiger partial charge in [-0.15, -0.1) is 0 Å². The summed E-state index contributed by atoms with van der Waals surface area (Å²) in [6, 6.07) is 6.16. The zero-order valence-corrected chi connectivity index (χ0v) is 9.94. The molecule has 0 bridgehead atoms. The topological polar surface area (TPSA) is 41.6 Å². The first-order valence-electron chi connectivity index (χ1n) is 5.30. The lowest BCUT2D eigenvalue weighted by atomic mass is 10.2. The molecule has 0 atom stereocenters. The smallest absolute Gasteiger partial charge is 0.195 e. The Hall–Kier alpha value is -1.58. The minimum absolute atomic E-state index is 0.255. The molecule has 4 heteroatoms. The summed E-state index contributed by atoms with van der Waals surface area (Å²) in [6.07, 6.45) is 0. The summed E-state index contributed by atoms with van der Waals surface area (Å²) in [7, 11) is 1.81. The minimum atomic E-state index is -0.255. The van der Waals surface area contributed by atoms with Crippen LogP contribution in [-0.4, -0.2) is 19.6 Å². The molecule has 0 spiro atoms. The van der Waals surface area contributed by atoms with Crippen molar-refractivity contribution in [2.75, 3.05) is 18.5 Å². The number of rotatable bonds is 3. The van der Waals surface area contributed by atoms with Gasteiger partial charge < -0.3 is 10.6 Å². The lowest BCUT2D eigenvalue weighted by Gasteiger charge is -2.18. The number of hydrogen-bond donors (Lipinski definition) is 1. The summed E-state index contributed by atoms with van der Waals surface area (Å²) in [5, 5.41) is 0. The molecule has 0 unspecified atom stereocenters. The SMILES string of the molecule is CC(C)CN=C(N)N(C)c1ccc(F)cc1. The minimum Gasteiger partial charge on any atom is -0.370 e. The standard InChI is InChI=1S/C12H18FN3/c1-9(2)8-15-12(14)16(3)11-6-4-10(13)5-7-11/h4-7,9H,8H2,1-3H3,(H2,14,15). The monoisotopic (exact) mass is 223 g/mol. The molecule has 0 aromatic heterocycles. The molecule has 0 saturated carbocycles. The maximum Gasteiger partial charge on any atom is 0.195 e. The summed E-state index contributed by atoms with van der Waals surface area (Å²) in [6.45, 7) is 4.85. The Balaban J connectivity index is 2.73. The van der Waals surface area contributed by atoms with Gasteiger partial charge in [0.15, 0.2) is 5.96 Å². The van der Waals surface area contributed by atoms with Crippen LogP contribution in [0.3, 0.4) is 0 Å². The second-order valence-electron chi connectivity index (χ2n) is 4.13. The molecule has 16 heavy (non-hydrogen) atoms. The summed E-state index contributed by atoms with van der Waals surface area (Å²) in [4.78, 5) is 5.99. The van der Waals surface area contributed by atoms with Gasteiger partial charge in [-0.2, -0.15) is 0 Å². The van der Waals surface area contributed by atoms with Crippen molar-refractivity contribution in [3.8, 4) is 0 Å². The highest BCUT2D eigenvalue weighted by molar-refractivity contribution is 5.94. The van der Waals surface area contributed by atoms with Crippen molar-refractivity contribution in [3.05, 3.63) is 30.1 Å². The van der Waals surface area contributed by atoms with Crippen LogP contribution in [0, 0.1) is 11.7 Å². The highest BCUT2D eigenvalue weighted by Gasteiger charge is 2.04. The number of anilines is 1.